The average Bonchev–Trinajstić information content (AvgIpc) is 2.34. The standard InChI is InChI=1S/C11H8F3NO3S/c1-17-6-3-7(10(16)18-2)8(5-15)9(4-6)19-11(12,13)14/h3-4H,1-2H3. The smallest absolute Gasteiger partial charge is 0.446 e. The molecule has 0 saturated heterocycles. The number of alkyl halides is 3. The first kappa shape index (κ1) is 15.2. The second kappa shape index (κ2) is 5.84. The second-order valence-electron chi connectivity index (χ2n) is 3.20. The summed E-state index contributed by atoms with van der Waals surface area (Å²) in [6.07, 6.45) is 0. The summed E-state index contributed by atoms with van der Waals surface area (Å²) in [7, 11) is 2.31. The van der Waals surface area contributed by atoms with Crippen LogP contribution in [0.15, 0.2) is 17.0 Å². The zero-order valence-electron chi connectivity index (χ0n) is 9.87. The number of nitriles is 1. The van der Waals surface area contributed by atoms with Gasteiger partial charge in [-0.15, -0.1) is 0 Å². The molecule has 1 rings (SSSR count). The molecule has 0 aliphatic rings. The Bertz CT molecular complexity index is 537. The summed E-state index contributed by atoms with van der Waals surface area (Å²) < 4.78 is 46.4. The van der Waals surface area contributed by atoms with Gasteiger partial charge >= 0.3 is 11.5 Å². The fourth-order valence-corrected chi connectivity index (χ4v) is 1.98. The number of hydrogen-bond donors (Lipinski definition) is 0. The minimum atomic E-state index is -4.58. The number of benzene rings is 1. The predicted octanol–water partition coefficient (Wildman–Crippen LogP) is 2.97. The van der Waals surface area contributed by atoms with Crippen molar-refractivity contribution >= 4 is 17.7 Å². The molecule has 102 valence electrons. The lowest BCUT2D eigenvalue weighted by Gasteiger charge is -2.12. The first-order valence-electron chi connectivity index (χ1n) is 4.78. The first-order chi connectivity index (χ1) is 8.82. The molecule has 0 N–H and O–H groups in total. The molecule has 0 unspecified atom stereocenters. The third-order valence-corrected chi connectivity index (χ3v) is 2.83. The zero-order chi connectivity index (χ0) is 14.6. The van der Waals surface area contributed by atoms with Gasteiger partial charge in [-0.25, -0.2) is 4.79 Å². The van der Waals surface area contributed by atoms with Gasteiger partial charge in [0.25, 0.3) is 0 Å². The largest absolute Gasteiger partial charge is 0.497 e. The summed E-state index contributed by atoms with van der Waals surface area (Å²) in [5.41, 5.74) is -5.24. The fraction of sp³-hybridized carbons (Fsp3) is 0.273. The maximum absolute atomic E-state index is 12.4. The number of nitrogens with zero attached hydrogens (tertiary/aromatic N) is 1. The summed E-state index contributed by atoms with van der Waals surface area (Å²) in [5, 5.41) is 8.92. The number of esters is 1. The van der Waals surface area contributed by atoms with Crippen molar-refractivity contribution < 1.29 is 27.4 Å². The number of methoxy groups -OCH3 is 2. The van der Waals surface area contributed by atoms with Gasteiger partial charge in [0.2, 0.25) is 0 Å². The second-order valence-corrected chi connectivity index (χ2v) is 4.31. The van der Waals surface area contributed by atoms with Crippen molar-refractivity contribution in [2.45, 2.75) is 10.4 Å². The molecule has 0 bridgehead atoms. The molecule has 0 aliphatic heterocycles. The predicted molar refractivity (Wildman–Crippen MR) is 61.0 cm³/mol. The van der Waals surface area contributed by atoms with Crippen LogP contribution in [0, 0.1) is 11.3 Å². The van der Waals surface area contributed by atoms with E-state index >= 15 is 0 Å². The zero-order valence-corrected chi connectivity index (χ0v) is 10.7. The van der Waals surface area contributed by atoms with Gasteiger partial charge in [0.1, 0.15) is 11.8 Å². The minimum absolute atomic E-state index is 0.0335. The Morgan fingerprint density at radius 1 is 1.37 bits per heavy atom. The van der Waals surface area contributed by atoms with Gasteiger partial charge in [-0.3, -0.25) is 0 Å². The van der Waals surface area contributed by atoms with Gasteiger partial charge in [-0.2, -0.15) is 18.4 Å². The van der Waals surface area contributed by atoms with Crippen LogP contribution in [-0.2, 0) is 4.74 Å². The van der Waals surface area contributed by atoms with E-state index in [1.165, 1.54) is 7.11 Å². The van der Waals surface area contributed by atoms with Crippen LogP contribution in [-0.4, -0.2) is 25.7 Å². The highest BCUT2D eigenvalue weighted by Crippen LogP contribution is 2.41. The monoisotopic (exact) mass is 291 g/mol. The molecule has 0 spiro atoms. The van der Waals surface area contributed by atoms with Crippen LogP contribution in [0.1, 0.15) is 15.9 Å². The number of ether oxygens (including phenoxy) is 2. The van der Waals surface area contributed by atoms with Crippen molar-refractivity contribution in [3.8, 4) is 11.8 Å². The van der Waals surface area contributed by atoms with E-state index in [-0.39, 0.29) is 11.3 Å². The SMILES string of the molecule is COC(=O)c1cc(OC)cc(SC(F)(F)F)c1C#N. The number of rotatable bonds is 3. The highest BCUT2D eigenvalue weighted by Gasteiger charge is 2.32. The summed E-state index contributed by atoms with van der Waals surface area (Å²) in [6, 6.07) is 3.78. The maximum Gasteiger partial charge on any atom is 0.446 e. The lowest BCUT2D eigenvalue weighted by molar-refractivity contribution is -0.0328. The molecular formula is C11H8F3NO3S. The lowest BCUT2D eigenvalue weighted by Crippen LogP contribution is -2.08. The van der Waals surface area contributed by atoms with Gasteiger partial charge < -0.3 is 9.47 Å². The fourth-order valence-electron chi connectivity index (χ4n) is 1.30. The molecule has 0 amide bonds. The summed E-state index contributed by atoms with van der Waals surface area (Å²) >= 11 is -0.487. The van der Waals surface area contributed by atoms with Crippen molar-refractivity contribution in [2.24, 2.45) is 0 Å². The quantitative estimate of drug-likeness (QED) is 0.633. The number of carbonyl (C=O) groups is 1. The highest BCUT2D eigenvalue weighted by atomic mass is 32.2. The molecule has 1 aromatic carbocycles. The molecule has 0 aliphatic carbocycles. The maximum atomic E-state index is 12.4. The van der Waals surface area contributed by atoms with Crippen molar-refractivity contribution in [2.75, 3.05) is 14.2 Å². The molecule has 0 heterocycles. The van der Waals surface area contributed by atoms with E-state index in [1.54, 1.807) is 6.07 Å². The molecular weight excluding hydrogens is 283 g/mol. The molecule has 1 aromatic rings. The van der Waals surface area contributed by atoms with Crippen molar-refractivity contribution in [3.63, 3.8) is 0 Å². The van der Waals surface area contributed by atoms with Crippen molar-refractivity contribution in [1.29, 1.82) is 5.26 Å². The van der Waals surface area contributed by atoms with Crippen LogP contribution in [0.3, 0.4) is 0 Å². The molecule has 0 radical (unpaired) electrons. The Labute approximate surface area is 111 Å². The van der Waals surface area contributed by atoms with Gasteiger partial charge in [-0.1, -0.05) is 0 Å². The van der Waals surface area contributed by atoms with Crippen LogP contribution in [0.25, 0.3) is 0 Å². The van der Waals surface area contributed by atoms with Crippen LogP contribution in [0.2, 0.25) is 0 Å². The van der Waals surface area contributed by atoms with E-state index in [0.717, 1.165) is 19.2 Å². The number of halogens is 3. The Morgan fingerprint density at radius 2 is 2.00 bits per heavy atom. The van der Waals surface area contributed by atoms with Crippen molar-refractivity contribution in [3.05, 3.63) is 23.3 Å². The Balaban J connectivity index is 3.44. The lowest BCUT2D eigenvalue weighted by atomic mass is 10.1. The Morgan fingerprint density at radius 3 is 2.42 bits per heavy atom. The topological polar surface area (TPSA) is 59.3 Å². The molecule has 0 atom stereocenters. The minimum Gasteiger partial charge on any atom is -0.497 e. The highest BCUT2D eigenvalue weighted by molar-refractivity contribution is 8.00. The van der Waals surface area contributed by atoms with Gasteiger partial charge in [0, 0.05) is 4.90 Å². The van der Waals surface area contributed by atoms with E-state index in [1.807, 2.05) is 0 Å². The van der Waals surface area contributed by atoms with Crippen LogP contribution in [0.4, 0.5) is 13.2 Å². The molecule has 4 nitrogen and oxygen atoms in total. The van der Waals surface area contributed by atoms with Crippen LogP contribution < -0.4 is 4.74 Å². The van der Waals surface area contributed by atoms with Gasteiger partial charge in [0.15, 0.2) is 0 Å². The molecule has 0 fully saturated rings. The molecule has 0 aromatic heterocycles. The number of thioether (sulfide) groups is 1. The third kappa shape index (κ3) is 3.79. The normalized spacial score (nSPS) is 10.7. The summed E-state index contributed by atoms with van der Waals surface area (Å²) in [6.45, 7) is 0. The van der Waals surface area contributed by atoms with E-state index in [2.05, 4.69) is 4.74 Å². The van der Waals surface area contributed by atoms with E-state index in [4.69, 9.17) is 10.00 Å². The van der Waals surface area contributed by atoms with Crippen LogP contribution >= 0.6 is 11.8 Å². The Kier molecular flexibility index (Phi) is 4.67. The third-order valence-electron chi connectivity index (χ3n) is 2.05. The molecule has 19 heavy (non-hydrogen) atoms. The average molecular weight is 291 g/mol. The van der Waals surface area contributed by atoms with Crippen LogP contribution in [0.5, 0.6) is 5.75 Å². The molecule has 0 saturated carbocycles. The van der Waals surface area contributed by atoms with Crippen molar-refractivity contribution in [1.82, 2.24) is 0 Å². The molecule has 8 heteroatoms. The van der Waals surface area contributed by atoms with E-state index < -0.39 is 33.7 Å². The first-order valence-corrected chi connectivity index (χ1v) is 5.60. The van der Waals surface area contributed by atoms with E-state index in [9.17, 15) is 18.0 Å². The summed E-state index contributed by atoms with van der Waals surface area (Å²) in [4.78, 5) is 11.1. The summed E-state index contributed by atoms with van der Waals surface area (Å²) in [5.74, 6) is -0.870. The number of hydrogen-bond acceptors (Lipinski definition) is 5. The van der Waals surface area contributed by atoms with Gasteiger partial charge in [-0.05, 0) is 23.9 Å². The number of carbonyl (C=O) groups excluding carboxylic acids is 1. The Hall–Kier alpha value is -1.88. The van der Waals surface area contributed by atoms with E-state index in [0.29, 0.717) is 0 Å². The van der Waals surface area contributed by atoms with Gasteiger partial charge in [0.05, 0.1) is 25.3 Å².